The normalized spacial score (nSPS) is 13.5. The second-order valence-corrected chi connectivity index (χ2v) is 20.1. The number of carbonyl (C=O) groups is 2. The number of thiazole rings is 2. The van der Waals surface area contributed by atoms with Gasteiger partial charge in [-0.05, 0) is 101 Å². The molecule has 17 heteroatoms. The Morgan fingerprint density at radius 3 is 1.57 bits per heavy atom. The van der Waals surface area contributed by atoms with Crippen molar-refractivity contribution in [3.8, 4) is 11.3 Å². The third kappa shape index (κ3) is 8.50. The largest absolute Gasteiger partial charge is 0.301 e. The van der Waals surface area contributed by atoms with E-state index in [2.05, 4.69) is 25.6 Å². The van der Waals surface area contributed by atoms with Crippen molar-refractivity contribution in [2.45, 2.75) is 65.7 Å². The number of nitrogens with zero attached hydrogens (tertiary/aromatic N) is 3. The molecule has 1 saturated carbocycles. The second kappa shape index (κ2) is 15.1. The molecule has 2 amide bonds. The van der Waals surface area contributed by atoms with E-state index < -0.39 is 41.0 Å². The molecule has 11 nitrogen and oxygen atoms in total. The third-order valence-electron chi connectivity index (χ3n) is 8.12. The Labute approximate surface area is 314 Å². The topological polar surface area (TPSA) is 165 Å². The van der Waals surface area contributed by atoms with E-state index in [1.807, 2.05) is 5.38 Å². The minimum Gasteiger partial charge on any atom is -0.301 e. The van der Waals surface area contributed by atoms with Gasteiger partial charge >= 0.3 is 0 Å². The van der Waals surface area contributed by atoms with Crippen molar-refractivity contribution in [1.82, 2.24) is 15.0 Å². The fourth-order valence-corrected chi connectivity index (χ4v) is 8.96. The number of aromatic nitrogens is 3. The van der Waals surface area contributed by atoms with E-state index in [1.54, 1.807) is 29.9 Å². The Bertz CT molecular complexity index is 2250. The molecule has 1 fully saturated rings. The first-order chi connectivity index (χ1) is 23.9. The first-order valence-corrected chi connectivity index (χ1v) is 20.9. The summed E-state index contributed by atoms with van der Waals surface area (Å²) in [5.41, 5.74) is 2.50. The zero-order chi connectivity index (χ0) is 37.2. The molecule has 51 heavy (non-hydrogen) atoms. The van der Waals surface area contributed by atoms with Crippen LogP contribution in [0, 0.1) is 0 Å². The minimum absolute atomic E-state index is 0.0312. The molecule has 2 N–H and O–H groups in total. The fraction of sp³-hybridized carbons (Fsp3) is 0.265. The fourth-order valence-electron chi connectivity index (χ4n) is 4.45. The molecule has 0 bridgehead atoms. The van der Waals surface area contributed by atoms with Crippen LogP contribution in [0.3, 0.4) is 0 Å². The molecular weight excluding hydrogens is 774 g/mol. The molecule has 3 heterocycles. The number of hydrogen-bond acceptors (Lipinski definition) is 11. The first-order valence-electron chi connectivity index (χ1n) is 15.4. The average molecular weight is 807 g/mol. The summed E-state index contributed by atoms with van der Waals surface area (Å²) in [4.78, 5) is 38.0. The summed E-state index contributed by atoms with van der Waals surface area (Å²) >= 11 is 14.1. The number of rotatable bonds is 10. The standard InChI is InChI=1S/C18H16ClN3O3S2.C16H17ClN2O3S2/c1-18(2,27(24,25)14-5-3-13(19)4-6-14)16(23)22-17-21-15(11-26-17)12-7-9-20-10-8-12;1-16(2,24(21,22)12-7-5-11(17)6-8-12)14(20)19-15-18-13(9-23-15)10-3-4-10/h3-11H,1-2H3,(H,21,22,23);5-10H,3-4H2,1-2H3,(H,18,19,20). The molecular formula is C34H33Cl2N5O6S4. The van der Waals surface area contributed by atoms with Crippen LogP contribution in [-0.4, -0.2) is 53.1 Å². The number of sulfone groups is 2. The number of amides is 2. The summed E-state index contributed by atoms with van der Waals surface area (Å²) in [6.45, 7) is 5.51. The summed E-state index contributed by atoms with van der Waals surface area (Å²) in [7, 11) is -7.79. The number of carbonyl (C=O) groups excluding carboxylic acids is 2. The molecule has 1 aliphatic rings. The van der Waals surface area contributed by atoms with Gasteiger partial charge in [-0.2, -0.15) is 0 Å². The van der Waals surface area contributed by atoms with E-state index in [0.29, 0.717) is 31.9 Å². The minimum atomic E-state index is -3.92. The molecule has 2 aromatic carbocycles. The van der Waals surface area contributed by atoms with E-state index in [0.717, 1.165) is 24.1 Å². The van der Waals surface area contributed by atoms with Crippen LogP contribution in [0.5, 0.6) is 0 Å². The van der Waals surface area contributed by atoms with Crippen LogP contribution in [0.4, 0.5) is 10.3 Å². The molecule has 0 unspecified atom stereocenters. The molecule has 5 aromatic rings. The van der Waals surface area contributed by atoms with Crippen molar-refractivity contribution in [3.05, 3.63) is 99.6 Å². The van der Waals surface area contributed by atoms with Gasteiger partial charge in [0.2, 0.25) is 11.8 Å². The highest BCUT2D eigenvalue weighted by Crippen LogP contribution is 2.41. The average Bonchev–Trinajstić information content (AvgIpc) is 3.66. The van der Waals surface area contributed by atoms with Crippen LogP contribution in [0.2, 0.25) is 10.0 Å². The summed E-state index contributed by atoms with van der Waals surface area (Å²) in [6, 6.07) is 15.1. The van der Waals surface area contributed by atoms with E-state index in [1.165, 1.54) is 98.9 Å². The molecule has 3 aromatic heterocycles. The molecule has 0 atom stereocenters. The highest BCUT2D eigenvalue weighted by Gasteiger charge is 2.44. The van der Waals surface area contributed by atoms with E-state index in [9.17, 15) is 26.4 Å². The summed E-state index contributed by atoms with van der Waals surface area (Å²) in [6.07, 6.45) is 5.53. The van der Waals surface area contributed by atoms with Gasteiger partial charge in [-0.15, -0.1) is 22.7 Å². The Morgan fingerprint density at radius 2 is 1.12 bits per heavy atom. The lowest BCUT2D eigenvalue weighted by Gasteiger charge is -2.23. The van der Waals surface area contributed by atoms with Crippen LogP contribution in [-0.2, 0) is 29.3 Å². The van der Waals surface area contributed by atoms with Gasteiger partial charge in [-0.25, -0.2) is 26.8 Å². The van der Waals surface area contributed by atoms with E-state index >= 15 is 0 Å². The van der Waals surface area contributed by atoms with Crippen molar-refractivity contribution in [2.75, 3.05) is 10.6 Å². The van der Waals surface area contributed by atoms with Crippen LogP contribution >= 0.6 is 45.9 Å². The zero-order valence-electron chi connectivity index (χ0n) is 27.8. The summed E-state index contributed by atoms with van der Waals surface area (Å²) < 4.78 is 48.1. The van der Waals surface area contributed by atoms with E-state index in [-0.39, 0.29) is 9.79 Å². The lowest BCUT2D eigenvalue weighted by atomic mass is 10.2. The van der Waals surface area contributed by atoms with Crippen molar-refractivity contribution in [3.63, 3.8) is 0 Å². The maximum Gasteiger partial charge on any atom is 0.247 e. The maximum absolute atomic E-state index is 12.9. The molecule has 1 aliphatic carbocycles. The highest BCUT2D eigenvalue weighted by molar-refractivity contribution is 7.94. The number of halogens is 2. The van der Waals surface area contributed by atoms with Gasteiger partial charge in [0.25, 0.3) is 0 Å². The van der Waals surface area contributed by atoms with Crippen molar-refractivity contribution in [1.29, 1.82) is 0 Å². The Hall–Kier alpha value is -3.73. The van der Waals surface area contributed by atoms with Crippen LogP contribution in [0.15, 0.2) is 93.6 Å². The van der Waals surface area contributed by atoms with Crippen molar-refractivity contribution >= 4 is 87.6 Å². The second-order valence-electron chi connectivity index (χ2n) is 12.5. The molecule has 6 rings (SSSR count). The van der Waals surface area contributed by atoms with Gasteiger partial charge in [0.1, 0.15) is 9.49 Å². The predicted octanol–water partition coefficient (Wildman–Crippen LogP) is 7.91. The van der Waals surface area contributed by atoms with Crippen molar-refractivity contribution < 1.29 is 26.4 Å². The zero-order valence-corrected chi connectivity index (χ0v) is 32.5. The number of nitrogens with one attached hydrogen (secondary N) is 2. The number of anilines is 2. The predicted molar refractivity (Wildman–Crippen MR) is 202 cm³/mol. The van der Waals surface area contributed by atoms with Gasteiger partial charge in [0.05, 0.1) is 21.2 Å². The van der Waals surface area contributed by atoms with Gasteiger partial charge in [-0.1, -0.05) is 23.2 Å². The van der Waals surface area contributed by atoms with Gasteiger partial charge < -0.3 is 10.6 Å². The van der Waals surface area contributed by atoms with Gasteiger partial charge in [-0.3, -0.25) is 14.6 Å². The Balaban J connectivity index is 0.000000199. The van der Waals surface area contributed by atoms with Crippen molar-refractivity contribution in [2.24, 2.45) is 0 Å². The Morgan fingerprint density at radius 1 is 0.686 bits per heavy atom. The Kier molecular flexibility index (Phi) is 11.4. The monoisotopic (exact) mass is 805 g/mol. The smallest absolute Gasteiger partial charge is 0.247 e. The number of hydrogen-bond donors (Lipinski definition) is 2. The lowest BCUT2D eigenvalue weighted by molar-refractivity contribution is -0.118. The van der Waals surface area contributed by atoms with Crippen LogP contribution in [0.25, 0.3) is 11.3 Å². The summed E-state index contributed by atoms with van der Waals surface area (Å²) in [5, 5.41) is 10.5. The van der Waals surface area contributed by atoms with Gasteiger partial charge in [0.15, 0.2) is 29.9 Å². The molecule has 0 aliphatic heterocycles. The van der Waals surface area contributed by atoms with Crippen LogP contribution < -0.4 is 10.6 Å². The molecule has 0 spiro atoms. The van der Waals surface area contributed by atoms with E-state index in [4.69, 9.17) is 23.2 Å². The molecule has 0 radical (unpaired) electrons. The highest BCUT2D eigenvalue weighted by atomic mass is 35.5. The third-order valence-corrected chi connectivity index (χ3v) is 15.0. The van der Waals surface area contributed by atoms with Crippen LogP contribution in [0.1, 0.15) is 52.1 Å². The lowest BCUT2D eigenvalue weighted by Crippen LogP contribution is -2.44. The molecule has 0 saturated heterocycles. The van der Waals surface area contributed by atoms with Gasteiger partial charge in [0, 0.05) is 44.7 Å². The number of pyridine rings is 1. The first kappa shape index (κ1) is 38.5. The molecule has 268 valence electrons. The quantitative estimate of drug-likeness (QED) is 0.143. The maximum atomic E-state index is 12.9. The SMILES string of the molecule is CC(C)(C(=O)Nc1nc(-c2ccncc2)cs1)S(=O)(=O)c1ccc(Cl)cc1.CC(C)(C(=O)Nc1nc(C2CC2)cs1)S(=O)(=O)c1ccc(Cl)cc1. The summed E-state index contributed by atoms with van der Waals surface area (Å²) in [5.74, 6) is -0.778. The number of benzene rings is 2.